The molecular weight excluding hydrogens is 380 g/mol. The van der Waals surface area contributed by atoms with E-state index >= 15 is 0 Å². The number of hydrogen-bond acceptors (Lipinski definition) is 6. The van der Waals surface area contributed by atoms with Crippen LogP contribution < -0.4 is 10.6 Å². The van der Waals surface area contributed by atoms with Gasteiger partial charge in [-0.15, -0.1) is 0 Å². The lowest BCUT2D eigenvalue weighted by molar-refractivity contribution is -0.122. The van der Waals surface area contributed by atoms with Crippen LogP contribution in [0.1, 0.15) is 49.9 Å². The Labute approximate surface area is 176 Å². The van der Waals surface area contributed by atoms with E-state index in [1.165, 1.54) is 0 Å². The zero-order chi connectivity index (χ0) is 21.3. The van der Waals surface area contributed by atoms with Crippen LogP contribution in [0, 0.1) is 12.3 Å². The summed E-state index contributed by atoms with van der Waals surface area (Å²) in [6, 6.07) is 9.72. The molecule has 8 nitrogen and oxygen atoms in total. The molecule has 0 saturated heterocycles. The third-order valence-electron chi connectivity index (χ3n) is 5.28. The largest absolute Gasteiger partial charge is 0.343 e. The maximum Gasteiger partial charge on any atom is 0.249 e. The Morgan fingerprint density at radius 1 is 1.27 bits per heavy atom. The molecule has 0 aliphatic carbocycles. The van der Waals surface area contributed by atoms with Gasteiger partial charge in [0.05, 0.1) is 17.8 Å². The van der Waals surface area contributed by atoms with Gasteiger partial charge < -0.3 is 19.7 Å². The molecule has 2 N–H and O–H groups in total. The van der Waals surface area contributed by atoms with Crippen molar-refractivity contribution in [2.45, 2.75) is 53.2 Å². The normalized spacial score (nSPS) is 14.9. The van der Waals surface area contributed by atoms with E-state index in [-0.39, 0.29) is 23.8 Å². The quantitative estimate of drug-likeness (QED) is 0.674. The fourth-order valence-electron chi connectivity index (χ4n) is 3.76. The lowest BCUT2D eigenvalue weighted by Crippen LogP contribution is -2.38. The third kappa shape index (κ3) is 4.14. The second-order valence-electron chi connectivity index (χ2n) is 8.75. The first-order valence-electron chi connectivity index (χ1n) is 10.3. The summed E-state index contributed by atoms with van der Waals surface area (Å²) in [7, 11) is 0. The van der Waals surface area contributed by atoms with Crippen LogP contribution in [0.4, 0.5) is 0 Å². The maximum atomic E-state index is 13.0. The van der Waals surface area contributed by atoms with Gasteiger partial charge in [-0.2, -0.15) is 4.98 Å². The number of nitrogens with one attached hydrogen (secondary N) is 2. The Bertz CT molecular complexity index is 1030. The van der Waals surface area contributed by atoms with Gasteiger partial charge in [-0.1, -0.05) is 56.3 Å². The molecule has 4 rings (SSSR count). The highest BCUT2D eigenvalue weighted by Gasteiger charge is 2.33. The summed E-state index contributed by atoms with van der Waals surface area (Å²) in [5.74, 6) is 1.77. The van der Waals surface area contributed by atoms with Crippen molar-refractivity contribution in [2.75, 3.05) is 6.54 Å². The predicted octanol–water partition coefficient (Wildman–Crippen LogP) is 2.79. The van der Waals surface area contributed by atoms with E-state index < -0.39 is 0 Å². The minimum Gasteiger partial charge on any atom is -0.343 e. The number of carbonyl (C=O) groups is 1. The summed E-state index contributed by atoms with van der Waals surface area (Å²) in [6.07, 6.45) is 0.198. The second kappa shape index (κ2) is 8.02. The molecule has 0 bridgehead atoms. The van der Waals surface area contributed by atoms with Crippen LogP contribution in [0.25, 0.3) is 11.4 Å². The second-order valence-corrected chi connectivity index (χ2v) is 8.75. The van der Waals surface area contributed by atoms with Gasteiger partial charge in [-0.3, -0.25) is 4.79 Å². The van der Waals surface area contributed by atoms with E-state index in [1.807, 2.05) is 39.0 Å². The van der Waals surface area contributed by atoms with Gasteiger partial charge in [0.15, 0.2) is 5.82 Å². The summed E-state index contributed by atoms with van der Waals surface area (Å²) in [4.78, 5) is 22.2. The summed E-state index contributed by atoms with van der Waals surface area (Å²) in [5, 5.41) is 10.3. The van der Waals surface area contributed by atoms with Crippen molar-refractivity contribution in [1.82, 2.24) is 30.3 Å². The molecule has 1 aliphatic heterocycles. The molecule has 3 heterocycles. The first kappa shape index (κ1) is 20.3. The molecule has 158 valence electrons. The van der Waals surface area contributed by atoms with Gasteiger partial charge in [0, 0.05) is 25.2 Å². The van der Waals surface area contributed by atoms with Crippen LogP contribution in [0.5, 0.6) is 0 Å². The Morgan fingerprint density at radius 3 is 2.70 bits per heavy atom. The van der Waals surface area contributed by atoms with E-state index in [2.05, 4.69) is 37.5 Å². The average Bonchev–Trinajstić information content (AvgIpc) is 3.30. The van der Waals surface area contributed by atoms with Crippen LogP contribution in [-0.2, 0) is 24.3 Å². The number of rotatable bonds is 5. The van der Waals surface area contributed by atoms with E-state index in [0.29, 0.717) is 18.3 Å². The lowest BCUT2D eigenvalue weighted by Gasteiger charge is -2.28. The molecule has 1 aromatic carbocycles. The third-order valence-corrected chi connectivity index (χ3v) is 5.28. The molecule has 0 fully saturated rings. The van der Waals surface area contributed by atoms with Gasteiger partial charge in [-0.25, -0.2) is 4.98 Å². The number of aryl methyl sites for hydroxylation is 1. The average molecular weight is 409 g/mol. The Morgan fingerprint density at radius 2 is 2.03 bits per heavy atom. The van der Waals surface area contributed by atoms with E-state index in [1.54, 1.807) is 6.92 Å². The Hall–Kier alpha value is -3.00. The van der Waals surface area contributed by atoms with Gasteiger partial charge >= 0.3 is 0 Å². The first-order valence-corrected chi connectivity index (χ1v) is 10.3. The number of nitrogens with zero attached hydrogens (tertiary/aromatic N) is 4. The van der Waals surface area contributed by atoms with Crippen LogP contribution in [0.15, 0.2) is 34.9 Å². The van der Waals surface area contributed by atoms with Crippen LogP contribution in [0.3, 0.4) is 0 Å². The molecular formula is C22H28N6O2. The number of fused-ring (bicyclic) bond motifs is 1. The summed E-state index contributed by atoms with van der Waals surface area (Å²) in [6.45, 7) is 10.3. The van der Waals surface area contributed by atoms with Crippen LogP contribution in [0.2, 0.25) is 0 Å². The molecule has 0 saturated carbocycles. The molecule has 3 aromatic rings. The number of hydrogen-bond donors (Lipinski definition) is 2. The number of amides is 1. The van der Waals surface area contributed by atoms with Crippen molar-refractivity contribution in [2.24, 2.45) is 5.41 Å². The van der Waals surface area contributed by atoms with E-state index in [0.717, 1.165) is 35.9 Å². The van der Waals surface area contributed by atoms with Crippen molar-refractivity contribution < 1.29 is 9.32 Å². The number of imidazole rings is 1. The smallest absolute Gasteiger partial charge is 0.249 e. The lowest BCUT2D eigenvalue weighted by atomic mass is 9.86. The molecule has 8 heteroatoms. The van der Waals surface area contributed by atoms with Crippen molar-refractivity contribution in [3.05, 3.63) is 53.4 Å². The molecule has 0 unspecified atom stereocenters. The van der Waals surface area contributed by atoms with Crippen molar-refractivity contribution in [1.29, 1.82) is 0 Å². The summed E-state index contributed by atoms with van der Waals surface area (Å²) < 4.78 is 7.57. The van der Waals surface area contributed by atoms with Gasteiger partial charge in [-0.05, 0) is 12.3 Å². The molecule has 0 radical (unpaired) electrons. The summed E-state index contributed by atoms with van der Waals surface area (Å²) in [5.41, 5.74) is 2.64. The van der Waals surface area contributed by atoms with Gasteiger partial charge in [0.25, 0.3) is 0 Å². The number of aromatic nitrogens is 4. The molecule has 30 heavy (non-hydrogen) atoms. The molecule has 1 amide bonds. The van der Waals surface area contributed by atoms with E-state index in [4.69, 9.17) is 9.51 Å². The minimum absolute atomic E-state index is 0.114. The number of carbonyl (C=O) groups excluding carboxylic acids is 1. The molecule has 1 aliphatic rings. The zero-order valence-electron chi connectivity index (χ0n) is 17.9. The van der Waals surface area contributed by atoms with Crippen molar-refractivity contribution in [3.8, 4) is 11.4 Å². The minimum atomic E-state index is -0.378. The topological polar surface area (TPSA) is 97.9 Å². The highest BCUT2D eigenvalue weighted by Crippen LogP contribution is 2.32. The fraction of sp³-hybridized carbons (Fsp3) is 0.455. The van der Waals surface area contributed by atoms with Crippen molar-refractivity contribution in [3.63, 3.8) is 0 Å². The van der Waals surface area contributed by atoms with Crippen molar-refractivity contribution >= 4 is 5.91 Å². The van der Waals surface area contributed by atoms with Crippen LogP contribution in [-0.4, -0.2) is 32.1 Å². The van der Waals surface area contributed by atoms with Gasteiger partial charge in [0.2, 0.25) is 11.8 Å². The molecule has 0 spiro atoms. The SMILES string of the molecule is Cc1noc([C@@H](NC(=O)Cc2nc(-c3ccccc3)n3c2CNCC3)C(C)(C)C)n1. The highest BCUT2D eigenvalue weighted by atomic mass is 16.5. The van der Waals surface area contributed by atoms with E-state index in [9.17, 15) is 4.79 Å². The fourth-order valence-corrected chi connectivity index (χ4v) is 3.76. The zero-order valence-corrected chi connectivity index (χ0v) is 17.9. The summed E-state index contributed by atoms with van der Waals surface area (Å²) >= 11 is 0. The monoisotopic (exact) mass is 408 g/mol. The maximum absolute atomic E-state index is 13.0. The standard InChI is InChI=1S/C22H28N6O2/c1-14-24-21(30-27-14)19(22(2,3)4)26-18(29)12-16-17-13-23-10-11-28(17)20(25-16)15-8-6-5-7-9-15/h5-9,19,23H,10-13H2,1-4H3,(H,26,29)/t19-/m1/s1. The molecule has 1 atom stereocenters. The molecule has 2 aromatic heterocycles. The number of benzene rings is 1. The predicted molar refractivity (Wildman–Crippen MR) is 112 cm³/mol. The first-order chi connectivity index (χ1) is 14.3. The van der Waals surface area contributed by atoms with Crippen LogP contribution >= 0.6 is 0 Å². The Balaban J connectivity index is 1.59. The van der Waals surface area contributed by atoms with Gasteiger partial charge in [0.1, 0.15) is 11.9 Å². The highest BCUT2D eigenvalue weighted by molar-refractivity contribution is 5.79. The Kier molecular flexibility index (Phi) is 5.42.